The highest BCUT2D eigenvalue weighted by Crippen LogP contribution is 2.33. The van der Waals surface area contributed by atoms with Gasteiger partial charge in [0.1, 0.15) is 0 Å². The fourth-order valence-corrected chi connectivity index (χ4v) is 1.97. The standard InChI is InChI=1S/C13H20N2O/c1-10(2)15(8-11-3-4-11)13-7-14-6-5-12(13)9-16/h5-7,10-11,16H,3-4,8-9H2,1-2H3. The first-order chi connectivity index (χ1) is 7.72. The average molecular weight is 220 g/mol. The number of aliphatic hydroxyl groups is 1. The molecule has 0 atom stereocenters. The van der Waals surface area contributed by atoms with Crippen LogP contribution in [0.5, 0.6) is 0 Å². The first kappa shape index (κ1) is 11.4. The maximum atomic E-state index is 9.34. The van der Waals surface area contributed by atoms with E-state index < -0.39 is 0 Å². The summed E-state index contributed by atoms with van der Waals surface area (Å²) < 4.78 is 0. The van der Waals surface area contributed by atoms with E-state index in [0.29, 0.717) is 6.04 Å². The van der Waals surface area contributed by atoms with Gasteiger partial charge in [-0.25, -0.2) is 0 Å². The van der Waals surface area contributed by atoms with Crippen LogP contribution in [0.25, 0.3) is 0 Å². The molecule has 3 heteroatoms. The van der Waals surface area contributed by atoms with E-state index in [4.69, 9.17) is 0 Å². The quantitative estimate of drug-likeness (QED) is 0.826. The zero-order valence-corrected chi connectivity index (χ0v) is 10.1. The Morgan fingerprint density at radius 3 is 2.81 bits per heavy atom. The molecular weight excluding hydrogens is 200 g/mol. The van der Waals surface area contributed by atoms with E-state index >= 15 is 0 Å². The monoisotopic (exact) mass is 220 g/mol. The fourth-order valence-electron chi connectivity index (χ4n) is 1.97. The maximum Gasteiger partial charge on any atom is 0.0703 e. The number of hydrogen-bond donors (Lipinski definition) is 1. The molecule has 0 aromatic carbocycles. The molecule has 0 unspecified atom stereocenters. The van der Waals surface area contributed by atoms with Crippen LogP contribution in [0.3, 0.4) is 0 Å². The zero-order chi connectivity index (χ0) is 11.5. The van der Waals surface area contributed by atoms with Crippen LogP contribution in [0.4, 0.5) is 5.69 Å². The summed E-state index contributed by atoms with van der Waals surface area (Å²) in [5, 5.41) is 9.34. The molecular formula is C13H20N2O. The van der Waals surface area contributed by atoms with Gasteiger partial charge in [-0.15, -0.1) is 0 Å². The van der Waals surface area contributed by atoms with Crippen LogP contribution in [0.1, 0.15) is 32.3 Å². The first-order valence-corrected chi connectivity index (χ1v) is 6.02. The van der Waals surface area contributed by atoms with Gasteiger partial charge in [-0.1, -0.05) is 0 Å². The second kappa shape index (κ2) is 4.83. The molecule has 88 valence electrons. The number of rotatable bonds is 5. The van der Waals surface area contributed by atoms with Gasteiger partial charge in [-0.3, -0.25) is 4.98 Å². The second-order valence-electron chi connectivity index (χ2n) is 4.85. The van der Waals surface area contributed by atoms with E-state index in [1.807, 2.05) is 12.3 Å². The molecule has 3 nitrogen and oxygen atoms in total. The Morgan fingerprint density at radius 1 is 1.50 bits per heavy atom. The molecule has 1 aromatic heterocycles. The van der Waals surface area contributed by atoms with Gasteiger partial charge < -0.3 is 10.0 Å². The maximum absolute atomic E-state index is 9.34. The molecule has 1 N–H and O–H groups in total. The minimum atomic E-state index is 0.0890. The third kappa shape index (κ3) is 2.53. The topological polar surface area (TPSA) is 36.4 Å². The van der Waals surface area contributed by atoms with Gasteiger partial charge in [0.15, 0.2) is 0 Å². The van der Waals surface area contributed by atoms with Crippen molar-refractivity contribution in [1.29, 1.82) is 0 Å². The molecule has 2 rings (SSSR count). The molecule has 1 heterocycles. The van der Waals surface area contributed by atoms with Crippen LogP contribution in [0.2, 0.25) is 0 Å². The minimum absolute atomic E-state index is 0.0890. The molecule has 1 aliphatic carbocycles. The number of pyridine rings is 1. The molecule has 1 fully saturated rings. The Labute approximate surface area is 97.1 Å². The van der Waals surface area contributed by atoms with Gasteiger partial charge in [-0.05, 0) is 38.7 Å². The summed E-state index contributed by atoms with van der Waals surface area (Å²) in [6.07, 6.45) is 6.30. The van der Waals surface area contributed by atoms with Crippen LogP contribution in [0, 0.1) is 5.92 Å². The van der Waals surface area contributed by atoms with Crippen LogP contribution in [0.15, 0.2) is 18.5 Å². The van der Waals surface area contributed by atoms with Crippen LogP contribution < -0.4 is 4.90 Å². The number of anilines is 1. The Morgan fingerprint density at radius 2 is 2.25 bits per heavy atom. The predicted octanol–water partition coefficient (Wildman–Crippen LogP) is 2.20. The predicted molar refractivity (Wildman–Crippen MR) is 65.4 cm³/mol. The van der Waals surface area contributed by atoms with Crippen molar-refractivity contribution in [2.45, 2.75) is 39.3 Å². The van der Waals surface area contributed by atoms with Crippen molar-refractivity contribution >= 4 is 5.69 Å². The lowest BCUT2D eigenvalue weighted by atomic mass is 10.1. The summed E-state index contributed by atoms with van der Waals surface area (Å²) >= 11 is 0. The second-order valence-corrected chi connectivity index (χ2v) is 4.85. The lowest BCUT2D eigenvalue weighted by Gasteiger charge is -2.30. The normalized spacial score (nSPS) is 15.5. The van der Waals surface area contributed by atoms with Crippen molar-refractivity contribution in [3.05, 3.63) is 24.0 Å². The van der Waals surface area contributed by atoms with E-state index in [1.54, 1.807) is 6.20 Å². The Balaban J connectivity index is 2.22. The molecule has 0 aliphatic heterocycles. The number of hydrogen-bond acceptors (Lipinski definition) is 3. The smallest absolute Gasteiger partial charge is 0.0703 e. The van der Waals surface area contributed by atoms with Crippen molar-refractivity contribution in [2.75, 3.05) is 11.4 Å². The highest BCUT2D eigenvalue weighted by molar-refractivity contribution is 5.52. The van der Waals surface area contributed by atoms with Crippen LogP contribution >= 0.6 is 0 Å². The number of aliphatic hydroxyl groups excluding tert-OH is 1. The van der Waals surface area contributed by atoms with E-state index in [-0.39, 0.29) is 6.61 Å². The van der Waals surface area contributed by atoms with Crippen molar-refractivity contribution in [3.63, 3.8) is 0 Å². The van der Waals surface area contributed by atoms with Gasteiger partial charge in [0, 0.05) is 24.3 Å². The van der Waals surface area contributed by atoms with Crippen LogP contribution in [-0.2, 0) is 6.61 Å². The molecule has 1 saturated carbocycles. The highest BCUT2D eigenvalue weighted by atomic mass is 16.3. The molecule has 0 bridgehead atoms. The van der Waals surface area contributed by atoms with E-state index in [2.05, 4.69) is 23.7 Å². The summed E-state index contributed by atoms with van der Waals surface area (Å²) in [6, 6.07) is 2.35. The zero-order valence-electron chi connectivity index (χ0n) is 10.1. The largest absolute Gasteiger partial charge is 0.392 e. The van der Waals surface area contributed by atoms with Gasteiger partial charge in [-0.2, -0.15) is 0 Å². The molecule has 0 spiro atoms. The molecule has 1 aromatic rings. The summed E-state index contributed by atoms with van der Waals surface area (Å²) in [5.41, 5.74) is 2.07. The van der Waals surface area contributed by atoms with E-state index in [0.717, 1.165) is 23.7 Å². The fraction of sp³-hybridized carbons (Fsp3) is 0.615. The highest BCUT2D eigenvalue weighted by Gasteiger charge is 2.26. The number of aromatic nitrogens is 1. The minimum Gasteiger partial charge on any atom is -0.392 e. The van der Waals surface area contributed by atoms with Crippen LogP contribution in [-0.4, -0.2) is 22.7 Å². The molecule has 0 saturated heterocycles. The third-order valence-corrected chi connectivity index (χ3v) is 3.14. The molecule has 0 radical (unpaired) electrons. The Hall–Kier alpha value is -1.09. The van der Waals surface area contributed by atoms with Crippen molar-refractivity contribution in [3.8, 4) is 0 Å². The SMILES string of the molecule is CC(C)N(CC1CC1)c1cnccc1CO. The Bertz CT molecular complexity index is 348. The number of nitrogens with zero attached hydrogens (tertiary/aromatic N) is 2. The van der Waals surface area contributed by atoms with Gasteiger partial charge in [0.2, 0.25) is 0 Å². The van der Waals surface area contributed by atoms with Gasteiger partial charge in [0.25, 0.3) is 0 Å². The summed E-state index contributed by atoms with van der Waals surface area (Å²) in [5.74, 6) is 0.842. The van der Waals surface area contributed by atoms with Crippen molar-refractivity contribution in [2.24, 2.45) is 5.92 Å². The Kier molecular flexibility index (Phi) is 3.44. The van der Waals surface area contributed by atoms with Crippen molar-refractivity contribution in [1.82, 2.24) is 4.98 Å². The molecule has 1 aliphatic rings. The van der Waals surface area contributed by atoms with Gasteiger partial charge in [0.05, 0.1) is 18.5 Å². The summed E-state index contributed by atoms with van der Waals surface area (Å²) in [4.78, 5) is 6.53. The van der Waals surface area contributed by atoms with E-state index in [1.165, 1.54) is 12.8 Å². The summed E-state index contributed by atoms with van der Waals surface area (Å²) in [7, 11) is 0. The molecule has 0 amide bonds. The lowest BCUT2D eigenvalue weighted by Crippen LogP contribution is -2.33. The first-order valence-electron chi connectivity index (χ1n) is 6.02. The summed E-state index contributed by atoms with van der Waals surface area (Å²) in [6.45, 7) is 5.56. The van der Waals surface area contributed by atoms with Gasteiger partial charge >= 0.3 is 0 Å². The molecule has 16 heavy (non-hydrogen) atoms. The van der Waals surface area contributed by atoms with E-state index in [9.17, 15) is 5.11 Å². The third-order valence-electron chi connectivity index (χ3n) is 3.14. The van der Waals surface area contributed by atoms with Crippen molar-refractivity contribution < 1.29 is 5.11 Å². The lowest BCUT2D eigenvalue weighted by molar-refractivity contribution is 0.281. The average Bonchev–Trinajstić information content (AvgIpc) is 3.09.